The minimum Gasteiger partial charge on any atom is -0.481 e. The molecule has 0 aliphatic rings. The molecule has 0 unspecified atom stereocenters. The molecule has 0 atom stereocenters. The molecule has 1 rings (SSSR count). The molecule has 5 nitrogen and oxygen atoms in total. The average Bonchev–Trinajstić information content (AvgIpc) is 2.69. The number of rotatable bonds is 6. The van der Waals surface area contributed by atoms with Crippen molar-refractivity contribution in [3.05, 3.63) is 23.7 Å². The second kappa shape index (κ2) is 6.23. The van der Waals surface area contributed by atoms with Crippen molar-refractivity contribution in [1.29, 1.82) is 0 Å². The second-order valence-electron chi connectivity index (χ2n) is 4.70. The molecule has 18 heavy (non-hydrogen) atoms. The summed E-state index contributed by atoms with van der Waals surface area (Å²) in [6.07, 6.45) is -0.0574. The molecule has 5 heteroatoms. The van der Waals surface area contributed by atoms with Crippen LogP contribution in [0.4, 0.5) is 0 Å². The van der Waals surface area contributed by atoms with Gasteiger partial charge in [-0.2, -0.15) is 0 Å². The Kier molecular flexibility index (Phi) is 4.95. The van der Waals surface area contributed by atoms with E-state index in [1.165, 1.54) is 4.90 Å². The van der Waals surface area contributed by atoms with Crippen molar-refractivity contribution in [3.63, 3.8) is 0 Å². The Labute approximate surface area is 106 Å². The van der Waals surface area contributed by atoms with Gasteiger partial charge in [0.25, 0.3) is 5.91 Å². The third kappa shape index (κ3) is 4.24. The van der Waals surface area contributed by atoms with Gasteiger partial charge >= 0.3 is 5.97 Å². The van der Waals surface area contributed by atoms with Crippen molar-refractivity contribution >= 4 is 11.9 Å². The van der Waals surface area contributed by atoms with E-state index in [4.69, 9.17) is 9.52 Å². The fraction of sp³-hybridized carbons (Fsp3) is 0.538. The van der Waals surface area contributed by atoms with E-state index in [9.17, 15) is 9.59 Å². The molecule has 1 amide bonds. The van der Waals surface area contributed by atoms with Crippen LogP contribution in [0.1, 0.15) is 36.6 Å². The van der Waals surface area contributed by atoms with E-state index >= 15 is 0 Å². The summed E-state index contributed by atoms with van der Waals surface area (Å²) in [5, 5.41) is 8.69. The van der Waals surface area contributed by atoms with Crippen molar-refractivity contribution in [3.8, 4) is 0 Å². The third-order valence-electron chi connectivity index (χ3n) is 2.42. The number of aryl methyl sites for hydroxylation is 1. The van der Waals surface area contributed by atoms with Gasteiger partial charge in [-0.1, -0.05) is 13.8 Å². The molecular weight excluding hydrogens is 234 g/mol. The summed E-state index contributed by atoms with van der Waals surface area (Å²) < 4.78 is 5.28. The van der Waals surface area contributed by atoms with Gasteiger partial charge < -0.3 is 14.4 Å². The van der Waals surface area contributed by atoms with Gasteiger partial charge in [-0.25, -0.2) is 0 Å². The lowest BCUT2D eigenvalue weighted by Crippen LogP contribution is -2.35. The summed E-state index contributed by atoms with van der Waals surface area (Å²) in [4.78, 5) is 24.3. The Bertz CT molecular complexity index is 422. The molecule has 0 spiro atoms. The Hall–Kier alpha value is -1.78. The van der Waals surface area contributed by atoms with E-state index in [0.29, 0.717) is 12.3 Å². The molecule has 1 aromatic rings. The maximum atomic E-state index is 12.1. The number of carboxylic acids is 1. The van der Waals surface area contributed by atoms with Crippen molar-refractivity contribution < 1.29 is 19.1 Å². The van der Waals surface area contributed by atoms with E-state index < -0.39 is 5.97 Å². The zero-order chi connectivity index (χ0) is 13.7. The maximum Gasteiger partial charge on any atom is 0.305 e. The number of carbonyl (C=O) groups is 2. The zero-order valence-corrected chi connectivity index (χ0v) is 11.0. The van der Waals surface area contributed by atoms with Crippen LogP contribution in [-0.2, 0) is 4.79 Å². The Balaban J connectivity index is 2.75. The van der Waals surface area contributed by atoms with Crippen LogP contribution in [0.5, 0.6) is 0 Å². The van der Waals surface area contributed by atoms with Gasteiger partial charge in [0.15, 0.2) is 5.76 Å². The predicted octanol–water partition coefficient (Wildman–Crippen LogP) is 2.16. The van der Waals surface area contributed by atoms with E-state index in [2.05, 4.69) is 0 Å². The van der Waals surface area contributed by atoms with Crippen molar-refractivity contribution in [2.45, 2.75) is 27.2 Å². The predicted molar refractivity (Wildman–Crippen MR) is 66.4 cm³/mol. The lowest BCUT2D eigenvalue weighted by atomic mass is 10.2. The number of furan rings is 1. The first kappa shape index (κ1) is 14.3. The normalized spacial score (nSPS) is 10.7. The number of amides is 1. The topological polar surface area (TPSA) is 70.8 Å². The van der Waals surface area contributed by atoms with Gasteiger partial charge in [-0.05, 0) is 25.0 Å². The molecule has 1 heterocycles. The number of carbonyl (C=O) groups excluding carboxylic acids is 1. The molecule has 1 N–H and O–H groups in total. The number of hydrogen-bond donors (Lipinski definition) is 1. The van der Waals surface area contributed by atoms with Crippen LogP contribution in [0.15, 0.2) is 16.5 Å². The molecule has 0 bridgehead atoms. The Morgan fingerprint density at radius 1 is 1.39 bits per heavy atom. The first-order valence-electron chi connectivity index (χ1n) is 5.97. The Morgan fingerprint density at radius 2 is 2.06 bits per heavy atom. The first-order chi connectivity index (χ1) is 8.40. The molecular formula is C13H19NO4. The van der Waals surface area contributed by atoms with Crippen molar-refractivity contribution in [2.75, 3.05) is 13.1 Å². The Morgan fingerprint density at radius 3 is 2.50 bits per heavy atom. The zero-order valence-electron chi connectivity index (χ0n) is 11.0. The minimum absolute atomic E-state index is 0.0574. The number of nitrogens with zero attached hydrogens (tertiary/aromatic N) is 1. The average molecular weight is 253 g/mol. The van der Waals surface area contributed by atoms with E-state index in [0.717, 1.165) is 0 Å². The van der Waals surface area contributed by atoms with Crippen LogP contribution in [-0.4, -0.2) is 35.0 Å². The van der Waals surface area contributed by atoms with Crippen molar-refractivity contribution in [2.24, 2.45) is 5.92 Å². The van der Waals surface area contributed by atoms with Crippen LogP contribution < -0.4 is 0 Å². The standard InChI is InChI=1S/C13H19NO4/c1-9(2)8-14(7-6-12(15)16)13(17)11-5-4-10(3)18-11/h4-5,9H,6-8H2,1-3H3,(H,15,16). The summed E-state index contributed by atoms with van der Waals surface area (Å²) in [5.41, 5.74) is 0. The largest absolute Gasteiger partial charge is 0.481 e. The summed E-state index contributed by atoms with van der Waals surface area (Å²) in [7, 11) is 0. The van der Waals surface area contributed by atoms with Crippen LogP contribution in [0.3, 0.4) is 0 Å². The quantitative estimate of drug-likeness (QED) is 0.843. The number of aliphatic carboxylic acids is 1. The summed E-state index contributed by atoms with van der Waals surface area (Å²) in [6, 6.07) is 3.34. The van der Waals surface area contributed by atoms with Crippen molar-refractivity contribution in [1.82, 2.24) is 4.90 Å². The molecule has 1 aromatic heterocycles. The molecule has 0 fully saturated rings. The minimum atomic E-state index is -0.910. The summed E-state index contributed by atoms with van der Waals surface area (Å²) in [5.74, 6) is 0.0451. The van der Waals surface area contributed by atoms with Crippen LogP contribution in [0.25, 0.3) is 0 Å². The first-order valence-corrected chi connectivity index (χ1v) is 5.97. The van der Waals surface area contributed by atoms with Gasteiger partial charge in [-0.3, -0.25) is 9.59 Å². The maximum absolute atomic E-state index is 12.1. The van der Waals surface area contributed by atoms with Crippen LogP contribution in [0, 0.1) is 12.8 Å². The molecule has 0 aromatic carbocycles. The van der Waals surface area contributed by atoms with Gasteiger partial charge in [0.1, 0.15) is 5.76 Å². The van der Waals surface area contributed by atoms with Gasteiger partial charge in [-0.15, -0.1) is 0 Å². The molecule has 0 saturated heterocycles. The van der Waals surface area contributed by atoms with Crippen LogP contribution >= 0.6 is 0 Å². The molecule has 0 aliphatic carbocycles. The van der Waals surface area contributed by atoms with E-state index in [1.54, 1.807) is 19.1 Å². The summed E-state index contributed by atoms with van der Waals surface area (Å²) in [6.45, 7) is 6.45. The second-order valence-corrected chi connectivity index (χ2v) is 4.70. The molecule has 100 valence electrons. The number of carboxylic acid groups (broad SMARTS) is 1. The molecule has 0 radical (unpaired) electrons. The highest BCUT2D eigenvalue weighted by molar-refractivity contribution is 5.91. The molecule has 0 aliphatic heterocycles. The fourth-order valence-corrected chi connectivity index (χ4v) is 1.65. The SMILES string of the molecule is Cc1ccc(C(=O)N(CCC(=O)O)CC(C)C)o1. The van der Waals surface area contributed by atoms with E-state index in [-0.39, 0.29) is 30.6 Å². The lowest BCUT2D eigenvalue weighted by molar-refractivity contribution is -0.137. The monoisotopic (exact) mass is 253 g/mol. The fourth-order valence-electron chi connectivity index (χ4n) is 1.65. The van der Waals surface area contributed by atoms with Crippen LogP contribution in [0.2, 0.25) is 0 Å². The highest BCUT2D eigenvalue weighted by Gasteiger charge is 2.20. The van der Waals surface area contributed by atoms with E-state index in [1.807, 2.05) is 13.8 Å². The highest BCUT2D eigenvalue weighted by atomic mass is 16.4. The van der Waals surface area contributed by atoms with Gasteiger partial charge in [0.2, 0.25) is 0 Å². The third-order valence-corrected chi connectivity index (χ3v) is 2.42. The number of hydrogen-bond acceptors (Lipinski definition) is 3. The smallest absolute Gasteiger partial charge is 0.305 e. The van der Waals surface area contributed by atoms with Gasteiger partial charge in [0, 0.05) is 13.1 Å². The summed E-state index contributed by atoms with van der Waals surface area (Å²) >= 11 is 0. The highest BCUT2D eigenvalue weighted by Crippen LogP contribution is 2.11. The van der Waals surface area contributed by atoms with Gasteiger partial charge in [0.05, 0.1) is 6.42 Å². The molecule has 0 saturated carbocycles. The lowest BCUT2D eigenvalue weighted by Gasteiger charge is -2.22.